The van der Waals surface area contributed by atoms with Gasteiger partial charge in [0.15, 0.2) is 0 Å². The van der Waals surface area contributed by atoms with Gasteiger partial charge in [-0.25, -0.2) is 4.98 Å². The molecule has 1 aliphatic rings. The molecule has 4 heteroatoms. The monoisotopic (exact) mass is 258 g/mol. The van der Waals surface area contributed by atoms with Crippen LogP contribution in [0.2, 0.25) is 0 Å². The number of hydrogen-bond acceptors (Lipinski definition) is 4. The van der Waals surface area contributed by atoms with Crippen molar-refractivity contribution in [1.29, 1.82) is 0 Å². The first kappa shape index (κ1) is 11.4. The summed E-state index contributed by atoms with van der Waals surface area (Å²) in [5, 5.41) is 1.01. The lowest BCUT2D eigenvalue weighted by molar-refractivity contribution is 0.338. The quantitative estimate of drug-likeness (QED) is 0.860. The molecule has 1 aliphatic heterocycles. The number of rotatable bonds is 3. The highest BCUT2D eigenvalue weighted by Crippen LogP contribution is 2.36. The number of para-hydroxylation sites is 1. The molecule has 0 fully saturated rings. The number of nitrogen functional groups attached to an aromatic ring is 1. The maximum absolute atomic E-state index is 5.66. The molecule has 92 valence electrons. The molecule has 2 aromatic rings. The van der Waals surface area contributed by atoms with E-state index in [1.807, 2.05) is 24.3 Å². The second kappa shape index (κ2) is 4.90. The Hall–Kier alpha value is -1.68. The number of pyridine rings is 1. The smallest absolute Gasteiger partial charge is 0.122 e. The molecule has 1 atom stereocenters. The lowest BCUT2D eigenvalue weighted by atomic mass is 10.0. The van der Waals surface area contributed by atoms with Crippen LogP contribution in [0.25, 0.3) is 0 Å². The van der Waals surface area contributed by atoms with Gasteiger partial charge in [-0.05, 0) is 18.2 Å². The summed E-state index contributed by atoms with van der Waals surface area (Å²) in [6.07, 6.45) is 1.70. The summed E-state index contributed by atoms with van der Waals surface area (Å²) in [4.78, 5) is 4.29. The molecule has 0 radical (unpaired) electrons. The van der Waals surface area contributed by atoms with Crippen LogP contribution in [0.4, 0.5) is 5.69 Å². The van der Waals surface area contributed by atoms with Crippen LogP contribution < -0.4 is 10.5 Å². The van der Waals surface area contributed by atoms with E-state index in [-0.39, 0.29) is 0 Å². The summed E-state index contributed by atoms with van der Waals surface area (Å²) < 4.78 is 5.66. The van der Waals surface area contributed by atoms with Gasteiger partial charge >= 0.3 is 0 Å². The normalized spacial score (nSPS) is 17.2. The van der Waals surface area contributed by atoms with Gasteiger partial charge in [-0.3, -0.25) is 0 Å². The third-order valence-corrected chi connectivity index (χ3v) is 4.10. The first-order valence-corrected chi connectivity index (χ1v) is 6.87. The van der Waals surface area contributed by atoms with Gasteiger partial charge in [0.25, 0.3) is 0 Å². The van der Waals surface area contributed by atoms with Gasteiger partial charge in [-0.15, -0.1) is 11.8 Å². The van der Waals surface area contributed by atoms with Crippen LogP contribution in [-0.2, 0) is 0 Å². The Morgan fingerprint density at radius 3 is 3.00 bits per heavy atom. The van der Waals surface area contributed by atoms with Crippen molar-refractivity contribution < 1.29 is 4.74 Å². The highest BCUT2D eigenvalue weighted by molar-refractivity contribution is 7.99. The van der Waals surface area contributed by atoms with Gasteiger partial charge in [0.2, 0.25) is 0 Å². The maximum atomic E-state index is 5.66. The molecule has 1 aromatic carbocycles. The predicted molar refractivity (Wildman–Crippen MR) is 74.1 cm³/mol. The number of anilines is 1. The molecule has 3 rings (SSSR count). The number of nitrogens with two attached hydrogens (primary N) is 1. The second-order valence-electron chi connectivity index (χ2n) is 4.29. The van der Waals surface area contributed by atoms with E-state index in [1.165, 1.54) is 5.56 Å². The number of aromatic nitrogens is 1. The van der Waals surface area contributed by atoms with Crippen LogP contribution in [0, 0.1) is 0 Å². The van der Waals surface area contributed by atoms with E-state index in [0.29, 0.717) is 11.6 Å². The van der Waals surface area contributed by atoms with Crippen LogP contribution in [0.3, 0.4) is 0 Å². The van der Waals surface area contributed by atoms with Crippen molar-refractivity contribution in [3.63, 3.8) is 0 Å². The van der Waals surface area contributed by atoms with E-state index in [2.05, 4.69) is 17.1 Å². The Kier molecular flexibility index (Phi) is 3.11. The summed E-state index contributed by atoms with van der Waals surface area (Å²) in [5.74, 6) is 2.45. The van der Waals surface area contributed by atoms with Crippen LogP contribution in [0.15, 0.2) is 47.6 Å². The molecule has 0 bridgehead atoms. The molecule has 18 heavy (non-hydrogen) atoms. The first-order chi connectivity index (χ1) is 8.83. The number of ether oxygens (including phenoxy) is 1. The summed E-state index contributed by atoms with van der Waals surface area (Å²) in [6.45, 7) is 0.765. The van der Waals surface area contributed by atoms with Crippen molar-refractivity contribution in [1.82, 2.24) is 4.98 Å². The minimum atomic E-state index is 0.450. The zero-order valence-electron chi connectivity index (χ0n) is 9.87. The van der Waals surface area contributed by atoms with Crippen LogP contribution in [0.1, 0.15) is 11.5 Å². The lowest BCUT2D eigenvalue weighted by Crippen LogP contribution is -2.03. The SMILES string of the molecule is Nc1ccc(SCC2COc3ccccc32)nc1. The molecule has 0 saturated heterocycles. The minimum absolute atomic E-state index is 0.450. The first-order valence-electron chi connectivity index (χ1n) is 5.89. The maximum Gasteiger partial charge on any atom is 0.122 e. The average molecular weight is 258 g/mol. The Bertz CT molecular complexity index is 542. The summed E-state index contributed by atoms with van der Waals surface area (Å²) in [6, 6.07) is 12.1. The van der Waals surface area contributed by atoms with Gasteiger partial charge in [0, 0.05) is 17.2 Å². The van der Waals surface area contributed by atoms with E-state index in [9.17, 15) is 0 Å². The summed E-state index contributed by atoms with van der Waals surface area (Å²) >= 11 is 1.74. The minimum Gasteiger partial charge on any atom is -0.493 e. The zero-order valence-corrected chi connectivity index (χ0v) is 10.7. The molecule has 3 nitrogen and oxygen atoms in total. The molecule has 0 aliphatic carbocycles. The number of benzene rings is 1. The summed E-state index contributed by atoms with van der Waals surface area (Å²) in [7, 11) is 0. The van der Waals surface area contributed by atoms with Crippen molar-refractivity contribution in [2.45, 2.75) is 10.9 Å². The van der Waals surface area contributed by atoms with Gasteiger partial charge in [0.1, 0.15) is 5.75 Å². The molecule has 1 unspecified atom stereocenters. The Labute approximate surface area is 110 Å². The van der Waals surface area contributed by atoms with Gasteiger partial charge < -0.3 is 10.5 Å². The predicted octanol–water partition coefficient (Wildman–Crippen LogP) is 2.93. The second-order valence-corrected chi connectivity index (χ2v) is 5.33. The molecule has 2 N–H and O–H groups in total. The van der Waals surface area contributed by atoms with E-state index in [1.54, 1.807) is 18.0 Å². The Morgan fingerprint density at radius 1 is 1.28 bits per heavy atom. The standard InChI is InChI=1S/C14H14N2OS/c15-11-5-6-14(16-7-11)18-9-10-8-17-13-4-2-1-3-12(10)13/h1-7,10H,8-9,15H2. The topological polar surface area (TPSA) is 48.1 Å². The summed E-state index contributed by atoms with van der Waals surface area (Å²) in [5.41, 5.74) is 7.63. The molecular weight excluding hydrogens is 244 g/mol. The third kappa shape index (κ3) is 2.29. The highest BCUT2D eigenvalue weighted by atomic mass is 32.2. The van der Waals surface area contributed by atoms with Crippen molar-refractivity contribution in [3.05, 3.63) is 48.2 Å². The molecule has 0 spiro atoms. The van der Waals surface area contributed by atoms with Crippen LogP contribution >= 0.6 is 11.8 Å². The lowest BCUT2D eigenvalue weighted by Gasteiger charge is -2.07. The highest BCUT2D eigenvalue weighted by Gasteiger charge is 2.23. The molecular formula is C14H14N2OS. The van der Waals surface area contributed by atoms with Crippen LogP contribution in [-0.4, -0.2) is 17.3 Å². The van der Waals surface area contributed by atoms with Gasteiger partial charge in [-0.1, -0.05) is 18.2 Å². The number of thioether (sulfide) groups is 1. The van der Waals surface area contributed by atoms with E-state index in [0.717, 1.165) is 23.1 Å². The van der Waals surface area contributed by atoms with Crippen molar-refractivity contribution in [2.75, 3.05) is 18.1 Å². The number of fused-ring (bicyclic) bond motifs is 1. The van der Waals surface area contributed by atoms with Crippen molar-refractivity contribution >= 4 is 17.4 Å². The molecule has 1 aromatic heterocycles. The van der Waals surface area contributed by atoms with E-state index in [4.69, 9.17) is 10.5 Å². The average Bonchev–Trinajstić information content (AvgIpc) is 2.82. The third-order valence-electron chi connectivity index (χ3n) is 2.99. The fraction of sp³-hybridized carbons (Fsp3) is 0.214. The zero-order chi connectivity index (χ0) is 12.4. The fourth-order valence-electron chi connectivity index (χ4n) is 2.03. The largest absolute Gasteiger partial charge is 0.493 e. The fourth-order valence-corrected chi connectivity index (χ4v) is 2.97. The number of nitrogens with zero attached hydrogens (tertiary/aromatic N) is 1. The Balaban J connectivity index is 1.67. The molecule has 0 amide bonds. The van der Waals surface area contributed by atoms with E-state index < -0.39 is 0 Å². The van der Waals surface area contributed by atoms with E-state index >= 15 is 0 Å². The number of hydrogen-bond donors (Lipinski definition) is 1. The molecule has 2 heterocycles. The van der Waals surface area contributed by atoms with Gasteiger partial charge in [-0.2, -0.15) is 0 Å². The van der Waals surface area contributed by atoms with Crippen molar-refractivity contribution in [3.8, 4) is 5.75 Å². The Morgan fingerprint density at radius 2 is 2.17 bits per heavy atom. The van der Waals surface area contributed by atoms with Crippen LogP contribution in [0.5, 0.6) is 5.75 Å². The molecule has 0 saturated carbocycles. The van der Waals surface area contributed by atoms with Gasteiger partial charge in [0.05, 0.1) is 23.5 Å². The van der Waals surface area contributed by atoms with Crippen molar-refractivity contribution in [2.24, 2.45) is 0 Å².